The molecule has 1 aliphatic heterocycles. The van der Waals surface area contributed by atoms with E-state index in [1.807, 2.05) is 6.07 Å². The number of hydrogen-bond acceptors (Lipinski definition) is 1. The lowest BCUT2D eigenvalue weighted by Gasteiger charge is -2.20. The van der Waals surface area contributed by atoms with Crippen molar-refractivity contribution in [3.8, 4) is 0 Å². The number of nitrogens with one attached hydrogen (secondary N) is 2. The zero-order valence-corrected chi connectivity index (χ0v) is 16.1. The topological polar surface area (TPSA) is 36.4 Å². The van der Waals surface area contributed by atoms with Crippen molar-refractivity contribution in [2.75, 3.05) is 0 Å². The van der Waals surface area contributed by atoms with E-state index in [0.717, 1.165) is 11.5 Å². The van der Waals surface area contributed by atoms with Crippen LogP contribution in [0.1, 0.15) is 39.9 Å². The third-order valence-electron chi connectivity index (χ3n) is 5.10. The third kappa shape index (κ3) is 4.06. The van der Waals surface area contributed by atoms with Crippen LogP contribution in [0, 0.1) is 19.7 Å². The molecule has 28 heavy (non-hydrogen) atoms. The van der Waals surface area contributed by atoms with Gasteiger partial charge in [0.25, 0.3) is 0 Å². The Morgan fingerprint density at radius 3 is 1.82 bits per heavy atom. The number of aryl methyl sites for hydroxylation is 2. The summed E-state index contributed by atoms with van der Waals surface area (Å²) >= 11 is 0. The first-order chi connectivity index (χ1) is 13.6. The Balaban J connectivity index is 1.61. The number of rotatable bonds is 4. The Bertz CT molecular complexity index is 922. The van der Waals surface area contributed by atoms with Crippen LogP contribution in [0.2, 0.25) is 0 Å². The largest absolute Gasteiger partial charge is 0.347 e. The molecule has 1 heterocycles. The van der Waals surface area contributed by atoms with Crippen molar-refractivity contribution in [3.05, 3.63) is 106 Å². The maximum atomic E-state index is 13.4. The summed E-state index contributed by atoms with van der Waals surface area (Å²) in [5.41, 5.74) is 5.74. The molecule has 1 saturated heterocycles. The van der Waals surface area contributed by atoms with E-state index in [9.17, 15) is 4.39 Å². The molecule has 1 aliphatic rings. The molecule has 0 amide bonds. The van der Waals surface area contributed by atoms with Crippen LogP contribution in [0.5, 0.6) is 0 Å². The predicted molar refractivity (Wildman–Crippen MR) is 112 cm³/mol. The van der Waals surface area contributed by atoms with Crippen molar-refractivity contribution in [2.45, 2.75) is 32.5 Å². The average molecular weight is 373 g/mol. The molecule has 3 aromatic carbocycles. The number of halogens is 1. The average Bonchev–Trinajstić information content (AvgIpc) is 3.12. The lowest BCUT2D eigenvalue weighted by Crippen LogP contribution is -2.25. The van der Waals surface area contributed by atoms with Crippen LogP contribution in [0.25, 0.3) is 0 Å². The van der Waals surface area contributed by atoms with E-state index in [1.165, 1.54) is 34.4 Å². The molecule has 142 valence electrons. The summed E-state index contributed by atoms with van der Waals surface area (Å²) in [6.45, 7) is 4.61. The second-order valence-electron chi connectivity index (χ2n) is 7.36. The molecule has 0 saturated carbocycles. The van der Waals surface area contributed by atoms with Crippen LogP contribution >= 0.6 is 0 Å². The molecule has 2 atom stereocenters. The van der Waals surface area contributed by atoms with Gasteiger partial charge in [-0.25, -0.2) is 9.38 Å². The lowest BCUT2D eigenvalue weighted by atomic mass is 9.94. The first kappa shape index (κ1) is 18.2. The summed E-state index contributed by atoms with van der Waals surface area (Å²) in [7, 11) is 0. The maximum Gasteiger partial charge on any atom is 0.192 e. The van der Waals surface area contributed by atoms with E-state index in [-0.39, 0.29) is 17.9 Å². The lowest BCUT2D eigenvalue weighted by molar-refractivity contribution is 0.553. The molecule has 4 heteroatoms. The number of hydrogen-bond donors (Lipinski definition) is 2. The van der Waals surface area contributed by atoms with Crippen molar-refractivity contribution in [2.24, 2.45) is 4.99 Å². The van der Waals surface area contributed by atoms with Crippen LogP contribution in [0.4, 0.5) is 4.39 Å². The van der Waals surface area contributed by atoms with E-state index in [2.05, 4.69) is 78.0 Å². The van der Waals surface area contributed by atoms with Crippen molar-refractivity contribution in [3.63, 3.8) is 0 Å². The number of nitrogens with zero attached hydrogens (tertiary/aromatic N) is 1. The molecule has 3 aromatic rings. The quantitative estimate of drug-likeness (QED) is 0.677. The van der Waals surface area contributed by atoms with Crippen molar-refractivity contribution in [1.82, 2.24) is 10.6 Å². The van der Waals surface area contributed by atoms with Crippen LogP contribution in [0.3, 0.4) is 0 Å². The molecule has 2 unspecified atom stereocenters. The Morgan fingerprint density at radius 2 is 1.32 bits per heavy atom. The van der Waals surface area contributed by atoms with Crippen molar-refractivity contribution >= 4 is 5.96 Å². The minimum Gasteiger partial charge on any atom is -0.347 e. The standard InChI is InChI=1S/C24H24FN3/c1-16-6-10-19(11-7-16)22-23(20-12-8-17(2)9-13-20)28-24(27-22)26-15-18-4-3-5-21(25)14-18/h3-14,22-23H,15H2,1-2H3,(H2,26,27,28). The van der Waals surface area contributed by atoms with Gasteiger partial charge in [0, 0.05) is 0 Å². The minimum absolute atomic E-state index is 0.0783. The second kappa shape index (κ2) is 7.85. The Kier molecular flexibility index (Phi) is 5.11. The van der Waals surface area contributed by atoms with Gasteiger partial charge in [-0.1, -0.05) is 71.8 Å². The minimum atomic E-state index is -0.236. The van der Waals surface area contributed by atoms with Gasteiger partial charge < -0.3 is 10.6 Å². The summed E-state index contributed by atoms with van der Waals surface area (Å²) in [5.74, 6) is 0.500. The molecule has 0 spiro atoms. The highest BCUT2D eigenvalue weighted by Gasteiger charge is 2.32. The summed E-state index contributed by atoms with van der Waals surface area (Å²) in [5, 5.41) is 7.04. The zero-order valence-electron chi connectivity index (χ0n) is 16.1. The third-order valence-corrected chi connectivity index (χ3v) is 5.10. The SMILES string of the molecule is Cc1ccc(C2NC(=NCc3cccc(F)c3)NC2c2ccc(C)cc2)cc1. The molecule has 0 aliphatic carbocycles. The van der Waals surface area contributed by atoms with Gasteiger partial charge in [0.1, 0.15) is 5.82 Å². The van der Waals surface area contributed by atoms with Crippen LogP contribution in [0.15, 0.2) is 77.8 Å². The number of aliphatic imine (C=N–C) groups is 1. The fourth-order valence-corrected chi connectivity index (χ4v) is 3.50. The highest BCUT2D eigenvalue weighted by atomic mass is 19.1. The van der Waals surface area contributed by atoms with Crippen LogP contribution in [-0.4, -0.2) is 5.96 Å². The first-order valence-electron chi connectivity index (χ1n) is 9.53. The van der Waals surface area contributed by atoms with Gasteiger partial charge in [0.05, 0.1) is 18.6 Å². The molecular formula is C24H24FN3. The summed E-state index contributed by atoms with van der Waals surface area (Å²) in [4.78, 5) is 4.65. The molecule has 0 bridgehead atoms. The van der Waals surface area contributed by atoms with Gasteiger partial charge in [0.15, 0.2) is 5.96 Å². The Labute approximate surface area is 165 Å². The van der Waals surface area contributed by atoms with Gasteiger partial charge in [-0.3, -0.25) is 0 Å². The monoisotopic (exact) mass is 373 g/mol. The Morgan fingerprint density at radius 1 is 0.786 bits per heavy atom. The zero-order chi connectivity index (χ0) is 19.5. The fourth-order valence-electron chi connectivity index (χ4n) is 3.50. The number of benzene rings is 3. The highest BCUT2D eigenvalue weighted by Crippen LogP contribution is 2.32. The Hall–Kier alpha value is -3.14. The molecule has 3 nitrogen and oxygen atoms in total. The van der Waals surface area contributed by atoms with Gasteiger partial charge in [-0.05, 0) is 42.7 Å². The molecule has 1 fully saturated rings. The molecular weight excluding hydrogens is 349 g/mol. The van der Waals surface area contributed by atoms with Crippen LogP contribution < -0.4 is 10.6 Å². The molecule has 0 aromatic heterocycles. The van der Waals surface area contributed by atoms with Gasteiger partial charge in [-0.2, -0.15) is 0 Å². The summed E-state index contributed by atoms with van der Waals surface area (Å²) < 4.78 is 13.4. The maximum absolute atomic E-state index is 13.4. The van der Waals surface area contributed by atoms with E-state index in [1.54, 1.807) is 6.07 Å². The molecule has 2 N–H and O–H groups in total. The van der Waals surface area contributed by atoms with E-state index >= 15 is 0 Å². The molecule has 0 radical (unpaired) electrons. The summed E-state index contributed by atoms with van der Waals surface area (Å²) in [6, 6.07) is 23.9. The number of guanidine groups is 1. The van der Waals surface area contributed by atoms with E-state index in [4.69, 9.17) is 0 Å². The van der Waals surface area contributed by atoms with Gasteiger partial charge >= 0.3 is 0 Å². The highest BCUT2D eigenvalue weighted by molar-refractivity contribution is 5.83. The predicted octanol–water partition coefficient (Wildman–Crippen LogP) is 4.97. The van der Waals surface area contributed by atoms with Gasteiger partial charge in [0.2, 0.25) is 0 Å². The fraction of sp³-hybridized carbons (Fsp3) is 0.208. The normalized spacial score (nSPS) is 18.5. The van der Waals surface area contributed by atoms with Gasteiger partial charge in [-0.15, -0.1) is 0 Å². The first-order valence-corrected chi connectivity index (χ1v) is 9.53. The summed E-state index contributed by atoms with van der Waals surface area (Å²) in [6.07, 6.45) is 0. The van der Waals surface area contributed by atoms with Crippen LogP contribution in [-0.2, 0) is 6.54 Å². The second-order valence-corrected chi connectivity index (χ2v) is 7.36. The van der Waals surface area contributed by atoms with E-state index < -0.39 is 0 Å². The smallest absolute Gasteiger partial charge is 0.192 e. The molecule has 4 rings (SSSR count). The van der Waals surface area contributed by atoms with Crippen molar-refractivity contribution in [1.29, 1.82) is 0 Å². The van der Waals surface area contributed by atoms with E-state index in [0.29, 0.717) is 6.54 Å². The van der Waals surface area contributed by atoms with Crippen molar-refractivity contribution < 1.29 is 4.39 Å².